The minimum atomic E-state index is -1.31. The van der Waals surface area contributed by atoms with Gasteiger partial charge in [-0.25, -0.2) is 4.68 Å². The maximum Gasteiger partial charge on any atom is 0.208 e. The second-order valence-electron chi connectivity index (χ2n) is 9.67. The lowest BCUT2D eigenvalue weighted by Gasteiger charge is -2.24. The number of benzene rings is 5. The molecule has 0 radical (unpaired) electrons. The number of phenols is 11. The molecule has 0 bridgehead atoms. The molecule has 1 heterocycles. The standard InChI is InChI=1S/C28H21N3O11/c1-7-8(2)19(33)14-12(18(7)32)11(16-22(36)26(40)28(42)27(41)23(16)37)13-15(21(35)25(39)24(38)20(13)34)17(14)31-10-6-4-3-5-9(10)29-30-31/h3-6,32-42H,1-2H3. The molecule has 0 unspecified atom stereocenters. The third kappa shape index (κ3) is 3.02. The van der Waals surface area contributed by atoms with Crippen molar-refractivity contribution in [1.29, 1.82) is 0 Å². The van der Waals surface area contributed by atoms with E-state index in [1.165, 1.54) is 13.8 Å². The van der Waals surface area contributed by atoms with Crippen LogP contribution >= 0.6 is 0 Å². The Morgan fingerprint density at radius 1 is 0.476 bits per heavy atom. The normalized spacial score (nSPS) is 11.7. The third-order valence-electron chi connectivity index (χ3n) is 7.55. The van der Waals surface area contributed by atoms with Gasteiger partial charge in [0.2, 0.25) is 28.7 Å². The van der Waals surface area contributed by atoms with Crippen LogP contribution in [0.15, 0.2) is 24.3 Å². The maximum absolute atomic E-state index is 11.5. The van der Waals surface area contributed by atoms with Crippen molar-refractivity contribution in [3.63, 3.8) is 0 Å². The average molecular weight is 575 g/mol. The minimum absolute atomic E-state index is 0.0768. The van der Waals surface area contributed by atoms with Crippen LogP contribution in [0.3, 0.4) is 0 Å². The molecular formula is C28H21N3O11. The van der Waals surface area contributed by atoms with Crippen LogP contribution in [-0.4, -0.2) is 71.2 Å². The van der Waals surface area contributed by atoms with Gasteiger partial charge in [0.1, 0.15) is 17.0 Å². The summed E-state index contributed by atoms with van der Waals surface area (Å²) in [4.78, 5) is 0. The summed E-state index contributed by atoms with van der Waals surface area (Å²) in [6.45, 7) is 2.87. The van der Waals surface area contributed by atoms with Gasteiger partial charge in [-0.3, -0.25) is 0 Å². The SMILES string of the molecule is Cc1c(C)c(O)c2c(-n3nnc4ccccc43)c3c(O)c(O)c(O)c(O)c3c(-c3c(O)c(O)c(O)c(O)c3O)c2c1O. The maximum atomic E-state index is 11.5. The summed E-state index contributed by atoms with van der Waals surface area (Å²) in [5.41, 5.74) is -0.978. The highest BCUT2D eigenvalue weighted by molar-refractivity contribution is 6.27. The van der Waals surface area contributed by atoms with E-state index in [0.29, 0.717) is 11.0 Å². The Hall–Kier alpha value is -6.18. The lowest BCUT2D eigenvalue weighted by molar-refractivity contribution is 0.330. The van der Waals surface area contributed by atoms with Crippen molar-refractivity contribution in [3.8, 4) is 80.1 Å². The Bertz CT molecular complexity index is 2080. The predicted molar refractivity (Wildman–Crippen MR) is 147 cm³/mol. The summed E-state index contributed by atoms with van der Waals surface area (Å²) in [7, 11) is 0. The van der Waals surface area contributed by atoms with Crippen molar-refractivity contribution in [3.05, 3.63) is 35.4 Å². The van der Waals surface area contributed by atoms with E-state index in [9.17, 15) is 56.2 Å². The molecule has 0 spiro atoms. The molecule has 42 heavy (non-hydrogen) atoms. The molecule has 1 aromatic heterocycles. The van der Waals surface area contributed by atoms with Crippen LogP contribution in [0.4, 0.5) is 0 Å². The number of rotatable bonds is 2. The van der Waals surface area contributed by atoms with Crippen LogP contribution < -0.4 is 0 Å². The van der Waals surface area contributed by atoms with Crippen molar-refractivity contribution in [1.82, 2.24) is 15.0 Å². The van der Waals surface area contributed by atoms with E-state index in [-0.39, 0.29) is 22.2 Å². The van der Waals surface area contributed by atoms with E-state index in [2.05, 4.69) is 10.3 Å². The summed E-state index contributed by atoms with van der Waals surface area (Å²) >= 11 is 0. The van der Waals surface area contributed by atoms with Crippen LogP contribution in [0.2, 0.25) is 0 Å². The molecule has 0 saturated heterocycles. The molecule has 0 aliphatic rings. The zero-order chi connectivity index (χ0) is 30.5. The molecule has 6 rings (SSSR count). The number of nitrogens with zero attached hydrogens (tertiary/aromatic N) is 3. The first-order chi connectivity index (χ1) is 19.8. The molecule has 0 aliphatic carbocycles. The number of phenolic OH excluding ortho intramolecular Hbond substituents is 11. The van der Waals surface area contributed by atoms with E-state index in [4.69, 9.17) is 0 Å². The van der Waals surface area contributed by atoms with Gasteiger partial charge in [-0.1, -0.05) is 17.3 Å². The van der Waals surface area contributed by atoms with E-state index in [1.54, 1.807) is 24.3 Å². The largest absolute Gasteiger partial charge is 0.507 e. The number of para-hydroxylation sites is 1. The summed E-state index contributed by atoms with van der Waals surface area (Å²) in [5, 5.41) is 125. The van der Waals surface area contributed by atoms with Gasteiger partial charge in [-0.15, -0.1) is 5.10 Å². The van der Waals surface area contributed by atoms with E-state index in [0.717, 1.165) is 4.68 Å². The molecule has 14 heteroatoms. The van der Waals surface area contributed by atoms with Gasteiger partial charge in [-0.2, -0.15) is 0 Å². The number of hydrogen-bond acceptors (Lipinski definition) is 13. The number of aromatic nitrogens is 3. The summed E-state index contributed by atoms with van der Waals surface area (Å²) in [5.74, 6) is -12.2. The zero-order valence-electron chi connectivity index (χ0n) is 21.6. The van der Waals surface area contributed by atoms with Gasteiger partial charge in [0.25, 0.3) is 0 Å². The van der Waals surface area contributed by atoms with Gasteiger partial charge in [0.05, 0.1) is 27.5 Å². The lowest BCUT2D eigenvalue weighted by atomic mass is 9.85. The van der Waals surface area contributed by atoms with E-state index >= 15 is 0 Å². The molecule has 0 saturated carbocycles. The molecule has 0 aliphatic heterocycles. The molecular weight excluding hydrogens is 554 g/mol. The number of aromatic hydroxyl groups is 11. The molecule has 5 aromatic carbocycles. The number of fused-ring (bicyclic) bond motifs is 3. The van der Waals surface area contributed by atoms with Crippen LogP contribution in [0, 0.1) is 13.8 Å². The van der Waals surface area contributed by atoms with Crippen molar-refractivity contribution in [2.45, 2.75) is 13.8 Å². The van der Waals surface area contributed by atoms with Crippen molar-refractivity contribution in [2.24, 2.45) is 0 Å². The van der Waals surface area contributed by atoms with Gasteiger partial charge in [-0.05, 0) is 37.1 Å². The van der Waals surface area contributed by atoms with Crippen molar-refractivity contribution >= 4 is 32.6 Å². The smallest absolute Gasteiger partial charge is 0.208 e. The molecule has 0 amide bonds. The fourth-order valence-electron chi connectivity index (χ4n) is 5.28. The Labute approximate surface area is 233 Å². The average Bonchev–Trinajstić information content (AvgIpc) is 3.41. The monoisotopic (exact) mass is 575 g/mol. The van der Waals surface area contributed by atoms with Crippen LogP contribution in [-0.2, 0) is 0 Å². The second-order valence-corrected chi connectivity index (χ2v) is 9.67. The second kappa shape index (κ2) is 8.41. The summed E-state index contributed by atoms with van der Waals surface area (Å²) in [6, 6.07) is 6.47. The lowest BCUT2D eigenvalue weighted by Crippen LogP contribution is -2.03. The van der Waals surface area contributed by atoms with Crippen LogP contribution in [0.1, 0.15) is 11.1 Å². The van der Waals surface area contributed by atoms with Gasteiger partial charge >= 0.3 is 0 Å². The molecule has 14 nitrogen and oxygen atoms in total. The molecule has 11 N–H and O–H groups in total. The van der Waals surface area contributed by atoms with E-state index in [1.807, 2.05) is 0 Å². The summed E-state index contributed by atoms with van der Waals surface area (Å²) < 4.78 is 1.12. The fourth-order valence-corrected chi connectivity index (χ4v) is 5.28. The van der Waals surface area contributed by atoms with E-state index < -0.39 is 90.5 Å². The highest BCUT2D eigenvalue weighted by Gasteiger charge is 2.35. The van der Waals surface area contributed by atoms with Gasteiger partial charge in [0.15, 0.2) is 23.0 Å². The predicted octanol–water partition coefficient (Wildman–Crippen LogP) is 3.77. The first kappa shape index (κ1) is 26.1. The number of hydrogen-bond donors (Lipinski definition) is 11. The minimum Gasteiger partial charge on any atom is -0.507 e. The first-order valence-electron chi connectivity index (χ1n) is 12.1. The quantitative estimate of drug-likeness (QED) is 0.0799. The third-order valence-corrected chi connectivity index (χ3v) is 7.55. The van der Waals surface area contributed by atoms with Crippen molar-refractivity contribution < 1.29 is 56.2 Å². The molecule has 0 fully saturated rings. The topological polar surface area (TPSA) is 253 Å². The van der Waals surface area contributed by atoms with Crippen LogP contribution in [0.5, 0.6) is 63.2 Å². The zero-order valence-corrected chi connectivity index (χ0v) is 21.6. The van der Waals surface area contributed by atoms with Gasteiger partial charge < -0.3 is 56.2 Å². The highest BCUT2D eigenvalue weighted by atomic mass is 16.4. The fraction of sp³-hybridized carbons (Fsp3) is 0.0714. The summed E-state index contributed by atoms with van der Waals surface area (Å²) in [6.07, 6.45) is 0. The molecule has 6 aromatic rings. The molecule has 0 atom stereocenters. The Kier molecular flexibility index (Phi) is 5.22. The Balaban J connectivity index is 2.08. The van der Waals surface area contributed by atoms with Crippen LogP contribution in [0.25, 0.3) is 49.4 Å². The van der Waals surface area contributed by atoms with Gasteiger partial charge in [0, 0.05) is 16.3 Å². The Morgan fingerprint density at radius 2 is 0.905 bits per heavy atom. The first-order valence-corrected chi connectivity index (χ1v) is 12.1. The molecule has 214 valence electrons. The Morgan fingerprint density at radius 3 is 1.50 bits per heavy atom. The highest BCUT2D eigenvalue weighted by Crippen LogP contribution is 2.63. The van der Waals surface area contributed by atoms with Crippen molar-refractivity contribution in [2.75, 3.05) is 0 Å².